The lowest BCUT2D eigenvalue weighted by Crippen LogP contribution is -2.36. The van der Waals surface area contributed by atoms with Gasteiger partial charge in [0.05, 0.1) is 34.8 Å². The van der Waals surface area contributed by atoms with Crippen LogP contribution in [0.3, 0.4) is 0 Å². The van der Waals surface area contributed by atoms with Crippen molar-refractivity contribution in [3.63, 3.8) is 0 Å². The van der Waals surface area contributed by atoms with Crippen LogP contribution in [0.25, 0.3) is 0 Å². The number of nitrogens with zero attached hydrogens (tertiary/aromatic N) is 1. The van der Waals surface area contributed by atoms with Gasteiger partial charge in [0.25, 0.3) is 0 Å². The second kappa shape index (κ2) is 5.30. The molecule has 7 heteroatoms. The molecule has 3 aliphatic heterocycles. The van der Waals surface area contributed by atoms with Crippen molar-refractivity contribution in [2.24, 2.45) is 0 Å². The van der Waals surface area contributed by atoms with Gasteiger partial charge in [-0.15, -0.1) is 0 Å². The van der Waals surface area contributed by atoms with Gasteiger partial charge in [-0.25, -0.2) is 8.42 Å². The molecule has 0 amide bonds. The molecule has 4 rings (SSSR count). The predicted molar refractivity (Wildman–Crippen MR) is 85.3 cm³/mol. The maximum atomic E-state index is 12.6. The summed E-state index contributed by atoms with van der Waals surface area (Å²) in [5.41, 5.74) is 2.80. The van der Waals surface area contributed by atoms with Crippen LogP contribution >= 0.6 is 0 Å². The highest BCUT2D eigenvalue weighted by atomic mass is 32.2. The van der Waals surface area contributed by atoms with Gasteiger partial charge in [0.15, 0.2) is 15.6 Å². The SMILES string of the molecule is N#Cc1cccc([C@@H]2C3=C(COCC3=O)NC3=C2S(=O)(=O)CC3)c1. The van der Waals surface area contributed by atoms with Crippen molar-refractivity contribution in [2.75, 3.05) is 19.0 Å². The third-order valence-electron chi connectivity index (χ3n) is 4.56. The Balaban J connectivity index is 1.96. The number of nitriles is 1. The van der Waals surface area contributed by atoms with E-state index in [1.807, 2.05) is 0 Å². The fourth-order valence-corrected chi connectivity index (χ4v) is 5.40. The van der Waals surface area contributed by atoms with Crippen LogP contribution in [-0.2, 0) is 19.4 Å². The number of rotatable bonds is 1. The maximum Gasteiger partial charge on any atom is 0.187 e. The highest BCUT2D eigenvalue weighted by Gasteiger charge is 2.44. The molecule has 3 heterocycles. The number of sulfone groups is 1. The zero-order valence-electron chi connectivity index (χ0n) is 12.7. The van der Waals surface area contributed by atoms with Crippen LogP contribution in [0.2, 0.25) is 0 Å². The average molecular weight is 342 g/mol. The Labute approximate surface area is 139 Å². The van der Waals surface area contributed by atoms with Crippen molar-refractivity contribution in [3.8, 4) is 6.07 Å². The monoisotopic (exact) mass is 342 g/mol. The molecule has 0 spiro atoms. The maximum absolute atomic E-state index is 12.6. The molecule has 122 valence electrons. The van der Waals surface area contributed by atoms with Gasteiger partial charge >= 0.3 is 0 Å². The number of Topliss-reactive ketones (excluding diaryl/α,β-unsaturated/α-hetero) is 1. The first-order valence-electron chi connectivity index (χ1n) is 7.58. The van der Waals surface area contributed by atoms with Gasteiger partial charge in [-0.2, -0.15) is 5.26 Å². The summed E-state index contributed by atoms with van der Waals surface area (Å²) < 4.78 is 30.5. The molecule has 3 aliphatic rings. The Hall–Kier alpha value is -2.43. The number of carbonyl (C=O) groups excluding carboxylic acids is 1. The second-order valence-electron chi connectivity index (χ2n) is 6.02. The second-order valence-corrected chi connectivity index (χ2v) is 8.09. The number of allylic oxidation sites excluding steroid dienone is 2. The molecule has 0 fully saturated rings. The molecule has 0 saturated carbocycles. The standard InChI is InChI=1S/C17H14N2O4S/c18-7-10-2-1-3-11(6-10)15-16-13(8-23-9-14(16)20)19-12-4-5-24(21,22)17(12)15/h1-3,6,15,19H,4-5,8-9H2/t15-/m1/s1. The minimum absolute atomic E-state index is 0.0364. The van der Waals surface area contributed by atoms with Gasteiger partial charge in [0.2, 0.25) is 0 Å². The van der Waals surface area contributed by atoms with E-state index in [-0.39, 0.29) is 29.7 Å². The number of carbonyl (C=O) groups is 1. The highest BCUT2D eigenvalue weighted by molar-refractivity contribution is 7.95. The van der Waals surface area contributed by atoms with Crippen LogP contribution in [0.4, 0.5) is 0 Å². The Morgan fingerprint density at radius 2 is 2.08 bits per heavy atom. The number of hydrogen-bond donors (Lipinski definition) is 1. The van der Waals surface area contributed by atoms with E-state index in [2.05, 4.69) is 11.4 Å². The van der Waals surface area contributed by atoms with E-state index >= 15 is 0 Å². The van der Waals surface area contributed by atoms with Crippen molar-refractivity contribution in [1.82, 2.24) is 5.32 Å². The molecule has 1 aromatic rings. The van der Waals surface area contributed by atoms with Gasteiger partial charge in [-0.1, -0.05) is 12.1 Å². The Morgan fingerprint density at radius 1 is 1.25 bits per heavy atom. The Bertz CT molecular complexity index is 967. The van der Waals surface area contributed by atoms with Crippen LogP contribution in [0.15, 0.2) is 46.1 Å². The van der Waals surface area contributed by atoms with Crippen molar-refractivity contribution < 1.29 is 17.9 Å². The zero-order valence-corrected chi connectivity index (χ0v) is 13.5. The fourth-order valence-electron chi connectivity index (χ4n) is 3.56. The van der Waals surface area contributed by atoms with Crippen LogP contribution in [0.5, 0.6) is 0 Å². The Kier molecular flexibility index (Phi) is 3.34. The molecule has 0 aliphatic carbocycles. The summed E-state index contributed by atoms with van der Waals surface area (Å²) in [5, 5.41) is 12.2. The van der Waals surface area contributed by atoms with E-state index in [0.29, 0.717) is 34.5 Å². The first-order valence-corrected chi connectivity index (χ1v) is 9.23. The third-order valence-corrected chi connectivity index (χ3v) is 6.45. The van der Waals surface area contributed by atoms with Crippen LogP contribution in [-0.4, -0.2) is 33.2 Å². The smallest absolute Gasteiger partial charge is 0.187 e. The summed E-state index contributed by atoms with van der Waals surface area (Å²) in [6, 6.07) is 8.85. The molecule has 0 saturated heterocycles. The van der Waals surface area contributed by atoms with Crippen molar-refractivity contribution in [3.05, 3.63) is 57.3 Å². The lowest BCUT2D eigenvalue weighted by atomic mass is 9.83. The number of ketones is 1. The van der Waals surface area contributed by atoms with E-state index in [1.165, 1.54) is 0 Å². The van der Waals surface area contributed by atoms with E-state index in [4.69, 9.17) is 10.00 Å². The fraction of sp³-hybridized carbons (Fsp3) is 0.294. The summed E-state index contributed by atoms with van der Waals surface area (Å²) in [7, 11) is -3.43. The predicted octanol–water partition coefficient (Wildman–Crippen LogP) is 1.13. The van der Waals surface area contributed by atoms with E-state index < -0.39 is 15.8 Å². The first kappa shape index (κ1) is 15.1. The summed E-state index contributed by atoms with van der Waals surface area (Å²) in [4.78, 5) is 12.7. The molecule has 1 aromatic carbocycles. The third kappa shape index (κ3) is 2.19. The summed E-state index contributed by atoms with van der Waals surface area (Å²) in [6.45, 7) is 0.198. The number of dihydropyridines is 1. The van der Waals surface area contributed by atoms with E-state index in [1.54, 1.807) is 24.3 Å². The van der Waals surface area contributed by atoms with Gasteiger partial charge in [-0.3, -0.25) is 4.79 Å². The number of nitrogens with one attached hydrogen (secondary N) is 1. The van der Waals surface area contributed by atoms with Crippen LogP contribution in [0.1, 0.15) is 23.5 Å². The lowest BCUT2D eigenvalue weighted by molar-refractivity contribution is -0.121. The molecule has 0 unspecified atom stereocenters. The molecule has 24 heavy (non-hydrogen) atoms. The van der Waals surface area contributed by atoms with Gasteiger partial charge in [0.1, 0.15) is 6.61 Å². The highest BCUT2D eigenvalue weighted by Crippen LogP contribution is 2.45. The van der Waals surface area contributed by atoms with E-state index in [9.17, 15) is 13.2 Å². The molecule has 0 aromatic heterocycles. The lowest BCUT2D eigenvalue weighted by Gasteiger charge is -2.32. The molecular formula is C17H14N2O4S. The summed E-state index contributed by atoms with van der Waals surface area (Å²) in [6.07, 6.45) is 0.400. The normalized spacial score (nSPS) is 25.0. The van der Waals surface area contributed by atoms with Crippen molar-refractivity contribution >= 4 is 15.6 Å². The molecule has 1 atom stereocenters. The minimum atomic E-state index is -3.43. The van der Waals surface area contributed by atoms with Crippen LogP contribution < -0.4 is 5.32 Å². The quantitative estimate of drug-likeness (QED) is 0.822. The average Bonchev–Trinajstić information content (AvgIpc) is 2.88. The molecule has 0 bridgehead atoms. The Morgan fingerprint density at radius 3 is 2.88 bits per heavy atom. The van der Waals surface area contributed by atoms with E-state index in [0.717, 1.165) is 0 Å². The van der Waals surface area contributed by atoms with Gasteiger partial charge in [-0.05, 0) is 17.7 Å². The van der Waals surface area contributed by atoms with Crippen molar-refractivity contribution in [1.29, 1.82) is 5.26 Å². The topological polar surface area (TPSA) is 96.3 Å². The van der Waals surface area contributed by atoms with Gasteiger partial charge < -0.3 is 10.1 Å². The molecule has 0 radical (unpaired) electrons. The van der Waals surface area contributed by atoms with Crippen molar-refractivity contribution in [2.45, 2.75) is 12.3 Å². The minimum Gasteiger partial charge on any atom is -0.367 e. The number of benzene rings is 1. The molecule has 6 nitrogen and oxygen atoms in total. The molecule has 1 N–H and O–H groups in total. The zero-order chi connectivity index (χ0) is 16.9. The van der Waals surface area contributed by atoms with Gasteiger partial charge in [0, 0.05) is 23.4 Å². The first-order chi connectivity index (χ1) is 11.5. The van der Waals surface area contributed by atoms with Crippen LogP contribution in [0, 0.1) is 11.3 Å². The molecular weight excluding hydrogens is 328 g/mol. The largest absolute Gasteiger partial charge is 0.367 e. The summed E-state index contributed by atoms with van der Waals surface area (Å²) in [5.74, 6) is -0.840. The summed E-state index contributed by atoms with van der Waals surface area (Å²) >= 11 is 0. The number of hydrogen-bond acceptors (Lipinski definition) is 6. The number of ether oxygens (including phenoxy) is 1.